The Kier molecular flexibility index (Phi) is 7.34. The lowest BCUT2D eigenvalue weighted by Gasteiger charge is -2.35. The molecule has 6 heteroatoms. The molecular weight excluding hydrogens is 394 g/mol. The molecule has 3 N–H and O–H groups in total. The van der Waals surface area contributed by atoms with Crippen LogP contribution in [0, 0.1) is 17.8 Å². The lowest BCUT2D eigenvalue weighted by atomic mass is 9.68. The number of carbonyl (C=O) groups excluding carboxylic acids is 2. The monoisotopic (exact) mass is 427 g/mol. The number of phenols is 1. The number of hydrogen-bond donors (Lipinski definition) is 3. The van der Waals surface area contributed by atoms with E-state index in [-0.39, 0.29) is 24.2 Å². The standard InChI is InChI=1S/C25H33NO5/c1-4-5-16(13-17-6-9-18(28)10-7-17)8-11-21(29)22-15(2)12-19-23(20(22)14-27)25(31)26(3)24(19)30/h6-7,9-10,13,19-21,23,27-29H,4-5,8,11-12,14H2,1-3H3/b16-13+/t19-,20+,21-,23-/m1/s1. The van der Waals surface area contributed by atoms with Crippen molar-refractivity contribution in [3.63, 3.8) is 0 Å². The molecule has 0 radical (unpaired) electrons. The molecule has 1 heterocycles. The third kappa shape index (κ3) is 4.75. The highest BCUT2D eigenvalue weighted by Gasteiger charge is 2.53. The summed E-state index contributed by atoms with van der Waals surface area (Å²) in [6.45, 7) is 3.74. The molecule has 0 spiro atoms. The van der Waals surface area contributed by atoms with Gasteiger partial charge < -0.3 is 15.3 Å². The van der Waals surface area contributed by atoms with Gasteiger partial charge >= 0.3 is 0 Å². The predicted octanol–water partition coefficient (Wildman–Crippen LogP) is 3.28. The Labute approximate surface area is 183 Å². The van der Waals surface area contributed by atoms with E-state index in [0.717, 1.165) is 29.6 Å². The predicted molar refractivity (Wildman–Crippen MR) is 119 cm³/mol. The van der Waals surface area contributed by atoms with Gasteiger partial charge in [-0.3, -0.25) is 14.5 Å². The summed E-state index contributed by atoms with van der Waals surface area (Å²) in [5, 5.41) is 30.6. The Hall–Kier alpha value is -2.44. The molecule has 0 saturated carbocycles. The maximum Gasteiger partial charge on any atom is 0.233 e. The Morgan fingerprint density at radius 3 is 2.48 bits per heavy atom. The van der Waals surface area contributed by atoms with E-state index in [1.54, 1.807) is 12.1 Å². The van der Waals surface area contributed by atoms with Crippen molar-refractivity contribution in [2.75, 3.05) is 13.7 Å². The van der Waals surface area contributed by atoms with Crippen LogP contribution in [0.1, 0.15) is 51.5 Å². The van der Waals surface area contributed by atoms with Crippen molar-refractivity contribution >= 4 is 17.9 Å². The van der Waals surface area contributed by atoms with Gasteiger partial charge in [-0.15, -0.1) is 0 Å². The molecule has 168 valence electrons. The van der Waals surface area contributed by atoms with Gasteiger partial charge in [-0.05, 0) is 55.9 Å². The first-order chi connectivity index (χ1) is 14.8. The van der Waals surface area contributed by atoms with E-state index in [9.17, 15) is 24.9 Å². The summed E-state index contributed by atoms with van der Waals surface area (Å²) >= 11 is 0. The maximum absolute atomic E-state index is 12.6. The number of likely N-dealkylation sites (tertiary alicyclic amines) is 1. The highest BCUT2D eigenvalue weighted by molar-refractivity contribution is 6.05. The number of aliphatic hydroxyl groups is 2. The summed E-state index contributed by atoms with van der Waals surface area (Å²) in [5.41, 5.74) is 3.83. The van der Waals surface area contributed by atoms with Crippen molar-refractivity contribution in [1.29, 1.82) is 0 Å². The Bertz CT molecular complexity index is 886. The lowest BCUT2D eigenvalue weighted by Crippen LogP contribution is -2.38. The molecular formula is C25H33NO5. The van der Waals surface area contributed by atoms with Gasteiger partial charge in [0.2, 0.25) is 11.8 Å². The van der Waals surface area contributed by atoms with Crippen LogP contribution in [0.2, 0.25) is 0 Å². The molecule has 2 amide bonds. The first-order valence-corrected chi connectivity index (χ1v) is 11.1. The number of aromatic hydroxyl groups is 1. The van der Waals surface area contributed by atoms with Gasteiger partial charge in [0.1, 0.15) is 5.75 Å². The van der Waals surface area contributed by atoms with E-state index >= 15 is 0 Å². The van der Waals surface area contributed by atoms with Crippen LogP contribution in [0.25, 0.3) is 6.08 Å². The molecule has 0 bridgehead atoms. The summed E-state index contributed by atoms with van der Waals surface area (Å²) in [5.74, 6) is -1.77. The molecule has 0 aromatic heterocycles. The Morgan fingerprint density at radius 1 is 1.19 bits per heavy atom. The van der Waals surface area contributed by atoms with Crippen LogP contribution in [0.3, 0.4) is 0 Å². The summed E-state index contributed by atoms with van der Waals surface area (Å²) < 4.78 is 0. The quantitative estimate of drug-likeness (QED) is 0.437. The van der Waals surface area contributed by atoms with Crippen molar-refractivity contribution in [3.05, 3.63) is 46.5 Å². The van der Waals surface area contributed by atoms with Crippen LogP contribution < -0.4 is 0 Å². The topological polar surface area (TPSA) is 98.1 Å². The zero-order valence-corrected chi connectivity index (χ0v) is 18.5. The third-order valence-corrected chi connectivity index (χ3v) is 6.68. The van der Waals surface area contributed by atoms with Crippen LogP contribution in [0.5, 0.6) is 5.75 Å². The van der Waals surface area contributed by atoms with E-state index in [1.165, 1.54) is 17.5 Å². The van der Waals surface area contributed by atoms with Gasteiger partial charge in [-0.2, -0.15) is 0 Å². The van der Waals surface area contributed by atoms with E-state index in [0.29, 0.717) is 19.3 Å². The smallest absolute Gasteiger partial charge is 0.233 e. The van der Waals surface area contributed by atoms with Gasteiger partial charge in [-0.1, -0.05) is 42.7 Å². The summed E-state index contributed by atoms with van der Waals surface area (Å²) in [6.07, 6.45) is 4.82. The molecule has 3 rings (SSSR count). The van der Waals surface area contributed by atoms with Gasteiger partial charge in [0.15, 0.2) is 0 Å². The van der Waals surface area contributed by atoms with Gasteiger partial charge in [0, 0.05) is 13.0 Å². The van der Waals surface area contributed by atoms with Crippen molar-refractivity contribution in [2.24, 2.45) is 17.8 Å². The Balaban J connectivity index is 1.77. The SMILES string of the molecule is CCC/C(=C\c1ccc(O)cc1)CC[C@@H](O)C1=C(C)C[C@H]2C(=O)N(C)C(=O)[C@H]2[C@H]1CO. The number of nitrogens with zero attached hydrogens (tertiary/aromatic N) is 1. The molecule has 1 saturated heterocycles. The third-order valence-electron chi connectivity index (χ3n) is 6.68. The Morgan fingerprint density at radius 2 is 1.87 bits per heavy atom. The first-order valence-electron chi connectivity index (χ1n) is 11.1. The molecule has 1 aliphatic heterocycles. The number of carbonyl (C=O) groups is 2. The van der Waals surface area contributed by atoms with Crippen LogP contribution in [0.4, 0.5) is 0 Å². The van der Waals surface area contributed by atoms with E-state index in [4.69, 9.17) is 0 Å². The fourth-order valence-corrected chi connectivity index (χ4v) is 5.15. The average molecular weight is 428 g/mol. The average Bonchev–Trinajstić information content (AvgIpc) is 2.96. The number of fused-ring (bicyclic) bond motifs is 1. The summed E-state index contributed by atoms with van der Waals surface area (Å²) in [4.78, 5) is 26.2. The van der Waals surface area contributed by atoms with Gasteiger partial charge in [0.05, 0.1) is 24.5 Å². The number of benzene rings is 1. The molecule has 6 nitrogen and oxygen atoms in total. The number of phenolic OH excluding ortho intramolecular Hbond substituents is 1. The summed E-state index contributed by atoms with van der Waals surface area (Å²) in [7, 11) is 1.49. The minimum atomic E-state index is -0.771. The highest BCUT2D eigenvalue weighted by atomic mass is 16.3. The molecule has 2 aliphatic rings. The van der Waals surface area contributed by atoms with Crippen molar-refractivity contribution in [1.82, 2.24) is 4.90 Å². The molecule has 31 heavy (non-hydrogen) atoms. The second-order valence-corrected chi connectivity index (χ2v) is 8.80. The van der Waals surface area contributed by atoms with Crippen molar-refractivity contribution in [3.8, 4) is 5.75 Å². The van der Waals surface area contributed by atoms with Gasteiger partial charge in [0.25, 0.3) is 0 Å². The van der Waals surface area contributed by atoms with Crippen molar-refractivity contribution < 1.29 is 24.9 Å². The van der Waals surface area contributed by atoms with Crippen molar-refractivity contribution in [2.45, 2.75) is 52.1 Å². The molecule has 1 aromatic rings. The molecule has 1 fully saturated rings. The number of imide groups is 1. The highest BCUT2D eigenvalue weighted by Crippen LogP contribution is 2.45. The van der Waals surface area contributed by atoms with Crippen LogP contribution in [-0.4, -0.2) is 51.8 Å². The van der Waals surface area contributed by atoms with Gasteiger partial charge in [-0.25, -0.2) is 0 Å². The fraction of sp³-hybridized carbons (Fsp3) is 0.520. The molecule has 0 unspecified atom stereocenters. The van der Waals surface area contributed by atoms with Crippen LogP contribution in [-0.2, 0) is 9.59 Å². The second-order valence-electron chi connectivity index (χ2n) is 8.80. The number of aliphatic hydroxyl groups excluding tert-OH is 2. The number of rotatable bonds is 8. The van der Waals surface area contributed by atoms with Crippen LogP contribution >= 0.6 is 0 Å². The van der Waals surface area contributed by atoms with E-state index in [2.05, 4.69) is 13.0 Å². The minimum Gasteiger partial charge on any atom is -0.508 e. The largest absolute Gasteiger partial charge is 0.508 e. The second kappa shape index (κ2) is 9.79. The lowest BCUT2D eigenvalue weighted by molar-refractivity contribution is -0.138. The zero-order chi connectivity index (χ0) is 22.7. The number of allylic oxidation sites excluding steroid dienone is 2. The zero-order valence-electron chi connectivity index (χ0n) is 18.5. The normalized spacial score (nSPS) is 25.3. The van der Waals surface area contributed by atoms with E-state index < -0.39 is 23.9 Å². The molecule has 1 aromatic carbocycles. The maximum atomic E-state index is 12.6. The van der Waals surface area contributed by atoms with E-state index in [1.807, 2.05) is 19.1 Å². The number of amides is 2. The molecule has 1 aliphatic carbocycles. The first kappa shape index (κ1) is 23.2. The number of hydrogen-bond acceptors (Lipinski definition) is 5. The van der Waals surface area contributed by atoms with Crippen LogP contribution in [0.15, 0.2) is 41.0 Å². The fourth-order valence-electron chi connectivity index (χ4n) is 5.15. The molecule has 4 atom stereocenters. The summed E-state index contributed by atoms with van der Waals surface area (Å²) in [6, 6.07) is 7.02. The minimum absolute atomic E-state index is 0.191.